The van der Waals surface area contributed by atoms with E-state index in [1.807, 2.05) is 0 Å². The van der Waals surface area contributed by atoms with Crippen LogP contribution in [0, 0.1) is 5.82 Å². The quantitative estimate of drug-likeness (QED) is 0.550. The SMILES string of the molecule is CC(C)(F)c1nnc(C(=O)N2CCc3[nH]cnc3[C@H]2c2cc3cccc(F)c3o2)o1. The first-order valence-electron chi connectivity index (χ1n) is 9.37. The van der Waals surface area contributed by atoms with Crippen LogP contribution in [0.4, 0.5) is 8.78 Å². The number of amides is 1. The maximum Gasteiger partial charge on any atom is 0.312 e. The highest BCUT2D eigenvalue weighted by Gasteiger charge is 2.39. The fourth-order valence-corrected chi connectivity index (χ4v) is 3.64. The second kappa shape index (κ2) is 6.48. The molecule has 10 heteroatoms. The van der Waals surface area contributed by atoms with Crippen molar-refractivity contribution in [1.29, 1.82) is 0 Å². The van der Waals surface area contributed by atoms with Crippen molar-refractivity contribution in [3.05, 3.63) is 65.3 Å². The van der Waals surface area contributed by atoms with Gasteiger partial charge >= 0.3 is 11.8 Å². The zero-order valence-corrected chi connectivity index (χ0v) is 16.1. The average molecular weight is 413 g/mol. The van der Waals surface area contributed by atoms with Crippen LogP contribution in [0.5, 0.6) is 0 Å². The topological polar surface area (TPSA) is 101 Å². The summed E-state index contributed by atoms with van der Waals surface area (Å²) in [6.07, 6.45) is 2.05. The fourth-order valence-electron chi connectivity index (χ4n) is 3.64. The summed E-state index contributed by atoms with van der Waals surface area (Å²) >= 11 is 0. The molecule has 0 unspecified atom stereocenters. The van der Waals surface area contributed by atoms with Crippen LogP contribution in [-0.2, 0) is 12.1 Å². The van der Waals surface area contributed by atoms with E-state index in [-0.39, 0.29) is 17.4 Å². The zero-order valence-electron chi connectivity index (χ0n) is 16.1. The van der Waals surface area contributed by atoms with Crippen LogP contribution in [-0.4, -0.2) is 37.5 Å². The van der Waals surface area contributed by atoms with Crippen LogP contribution in [0.2, 0.25) is 0 Å². The van der Waals surface area contributed by atoms with E-state index in [0.717, 1.165) is 5.69 Å². The molecule has 0 spiro atoms. The third-order valence-corrected chi connectivity index (χ3v) is 5.09. The monoisotopic (exact) mass is 413 g/mol. The highest BCUT2D eigenvalue weighted by molar-refractivity contribution is 5.90. The number of nitrogens with zero attached hydrogens (tertiary/aromatic N) is 4. The van der Waals surface area contributed by atoms with Gasteiger partial charge in [-0.15, -0.1) is 10.2 Å². The minimum absolute atomic E-state index is 0.0989. The first kappa shape index (κ1) is 18.5. The van der Waals surface area contributed by atoms with Gasteiger partial charge in [-0.3, -0.25) is 4.79 Å². The molecule has 4 aromatic rings. The minimum atomic E-state index is -1.88. The number of carbonyl (C=O) groups excluding carboxylic acids is 1. The number of fused-ring (bicyclic) bond motifs is 2. The number of H-pyrrole nitrogens is 1. The maximum atomic E-state index is 14.2. The van der Waals surface area contributed by atoms with Gasteiger partial charge in [0.2, 0.25) is 0 Å². The van der Waals surface area contributed by atoms with Crippen LogP contribution in [0.1, 0.15) is 53.6 Å². The summed E-state index contributed by atoms with van der Waals surface area (Å²) in [6, 6.07) is 5.56. The molecule has 1 N–H and O–H groups in total. The Morgan fingerprint density at radius 1 is 1.30 bits per heavy atom. The minimum Gasteiger partial charge on any atom is -0.455 e. The number of aromatic amines is 1. The average Bonchev–Trinajstić information content (AvgIpc) is 3.44. The molecule has 0 aliphatic carbocycles. The molecule has 8 nitrogen and oxygen atoms in total. The summed E-state index contributed by atoms with van der Waals surface area (Å²) < 4.78 is 39.4. The highest BCUT2D eigenvalue weighted by Crippen LogP contribution is 2.37. The third-order valence-electron chi connectivity index (χ3n) is 5.09. The van der Waals surface area contributed by atoms with Crippen molar-refractivity contribution < 1.29 is 22.4 Å². The van der Waals surface area contributed by atoms with Crippen molar-refractivity contribution in [1.82, 2.24) is 25.1 Å². The molecule has 154 valence electrons. The van der Waals surface area contributed by atoms with Crippen LogP contribution in [0.3, 0.4) is 0 Å². The second-order valence-electron chi connectivity index (χ2n) is 7.61. The molecule has 1 aromatic carbocycles. The number of para-hydroxylation sites is 1. The van der Waals surface area contributed by atoms with E-state index in [4.69, 9.17) is 8.83 Å². The molecule has 1 amide bonds. The predicted octanol–water partition coefficient (Wildman–Crippen LogP) is 3.67. The van der Waals surface area contributed by atoms with E-state index >= 15 is 0 Å². The molecule has 4 heterocycles. The molecule has 0 fully saturated rings. The Hall–Kier alpha value is -3.56. The summed E-state index contributed by atoms with van der Waals surface area (Å²) in [6.45, 7) is 2.82. The van der Waals surface area contributed by atoms with Crippen LogP contribution in [0.15, 0.2) is 39.4 Å². The maximum absolute atomic E-state index is 14.2. The number of imidazole rings is 1. The van der Waals surface area contributed by atoms with Gasteiger partial charge in [0.1, 0.15) is 11.8 Å². The molecule has 1 aliphatic rings. The number of rotatable bonds is 3. The molecule has 0 saturated heterocycles. The van der Waals surface area contributed by atoms with Gasteiger partial charge in [-0.2, -0.15) is 0 Å². The Bertz CT molecular complexity index is 1250. The van der Waals surface area contributed by atoms with Crippen molar-refractivity contribution in [3.8, 4) is 0 Å². The van der Waals surface area contributed by atoms with Crippen molar-refractivity contribution in [2.75, 3.05) is 6.54 Å². The van der Waals surface area contributed by atoms with Crippen LogP contribution in [0.25, 0.3) is 11.0 Å². The van der Waals surface area contributed by atoms with Crippen LogP contribution < -0.4 is 0 Å². The van der Waals surface area contributed by atoms with E-state index in [2.05, 4.69) is 20.2 Å². The lowest BCUT2D eigenvalue weighted by Gasteiger charge is -2.32. The van der Waals surface area contributed by atoms with Crippen molar-refractivity contribution in [2.45, 2.75) is 32.0 Å². The van der Waals surface area contributed by atoms with Gasteiger partial charge in [-0.25, -0.2) is 13.8 Å². The molecule has 0 radical (unpaired) electrons. The fraction of sp³-hybridized carbons (Fsp3) is 0.300. The summed E-state index contributed by atoms with van der Waals surface area (Å²) in [4.78, 5) is 22.1. The molecular weight excluding hydrogens is 396 g/mol. The second-order valence-corrected chi connectivity index (χ2v) is 7.61. The van der Waals surface area contributed by atoms with Gasteiger partial charge in [-0.05, 0) is 26.0 Å². The lowest BCUT2D eigenvalue weighted by Crippen LogP contribution is -2.40. The molecular formula is C20H17F2N5O3. The van der Waals surface area contributed by atoms with E-state index in [1.165, 1.54) is 31.1 Å². The molecule has 3 aromatic heterocycles. The van der Waals surface area contributed by atoms with Gasteiger partial charge < -0.3 is 18.7 Å². The first-order chi connectivity index (χ1) is 14.3. The molecule has 0 saturated carbocycles. The lowest BCUT2D eigenvalue weighted by atomic mass is 10.00. The predicted molar refractivity (Wildman–Crippen MR) is 99.8 cm³/mol. The van der Waals surface area contributed by atoms with E-state index in [1.54, 1.807) is 18.2 Å². The Kier molecular flexibility index (Phi) is 3.99. The molecule has 1 aliphatic heterocycles. The van der Waals surface area contributed by atoms with Crippen LogP contribution >= 0.6 is 0 Å². The number of nitrogens with one attached hydrogen (secondary N) is 1. The smallest absolute Gasteiger partial charge is 0.312 e. The van der Waals surface area contributed by atoms with Gasteiger partial charge in [0.15, 0.2) is 17.1 Å². The Balaban J connectivity index is 1.59. The number of carbonyl (C=O) groups is 1. The van der Waals surface area contributed by atoms with Crippen molar-refractivity contribution >= 4 is 16.9 Å². The van der Waals surface area contributed by atoms with Gasteiger partial charge in [0, 0.05) is 24.0 Å². The van der Waals surface area contributed by atoms with Crippen molar-refractivity contribution in [2.24, 2.45) is 0 Å². The molecule has 1 atom stereocenters. The van der Waals surface area contributed by atoms with E-state index in [9.17, 15) is 13.6 Å². The number of hydrogen-bond acceptors (Lipinski definition) is 6. The summed E-state index contributed by atoms with van der Waals surface area (Å²) in [7, 11) is 0. The summed E-state index contributed by atoms with van der Waals surface area (Å²) in [5, 5.41) is 7.94. The number of halogens is 2. The highest BCUT2D eigenvalue weighted by atomic mass is 19.1. The van der Waals surface area contributed by atoms with Gasteiger partial charge in [0.05, 0.1) is 12.0 Å². The zero-order chi connectivity index (χ0) is 21.0. The summed E-state index contributed by atoms with van der Waals surface area (Å²) in [5.41, 5.74) is -0.346. The van der Waals surface area contributed by atoms with Gasteiger partial charge in [0.25, 0.3) is 5.89 Å². The normalized spacial score (nSPS) is 16.8. The summed E-state index contributed by atoms with van der Waals surface area (Å²) in [5.74, 6) is -1.35. The third kappa shape index (κ3) is 2.87. The van der Waals surface area contributed by atoms with Crippen molar-refractivity contribution in [3.63, 3.8) is 0 Å². The Labute approximate surface area is 168 Å². The number of alkyl halides is 1. The number of aromatic nitrogens is 4. The largest absolute Gasteiger partial charge is 0.455 e. The molecule has 5 rings (SSSR count). The standard InChI is InChI=1S/C20H17F2N5O3/c1-20(2,22)19-26-25-17(30-19)18(28)27-7-6-12-14(24-9-23-12)15(27)13-8-10-4-3-5-11(21)16(10)29-13/h3-5,8-9,15H,6-7H2,1-2H3,(H,23,24)/t15-/m1/s1. The van der Waals surface area contributed by atoms with E-state index in [0.29, 0.717) is 29.8 Å². The Morgan fingerprint density at radius 3 is 2.87 bits per heavy atom. The number of furan rings is 1. The molecule has 0 bridgehead atoms. The molecule has 30 heavy (non-hydrogen) atoms. The Morgan fingerprint density at radius 2 is 2.13 bits per heavy atom. The number of hydrogen-bond donors (Lipinski definition) is 1. The first-order valence-corrected chi connectivity index (χ1v) is 9.37. The van der Waals surface area contributed by atoms with Gasteiger partial charge in [-0.1, -0.05) is 12.1 Å². The number of benzene rings is 1. The lowest BCUT2D eigenvalue weighted by molar-refractivity contribution is 0.0622. The van der Waals surface area contributed by atoms with E-state index < -0.39 is 23.4 Å².